The summed E-state index contributed by atoms with van der Waals surface area (Å²) in [6.45, 7) is 2.69. The van der Waals surface area contributed by atoms with Crippen molar-refractivity contribution >= 4 is 51.4 Å². The number of ether oxygens (including phenoxy) is 3. The molecule has 10 heteroatoms. The van der Waals surface area contributed by atoms with Crippen LogP contribution in [0.5, 0.6) is 17.2 Å². The average Bonchev–Trinajstić information content (AvgIpc) is 3.27. The van der Waals surface area contributed by atoms with Crippen molar-refractivity contribution in [3.8, 4) is 17.2 Å². The molecule has 0 aromatic heterocycles. The maximum Gasteiger partial charge on any atom is 0.283 e. The lowest BCUT2D eigenvalue weighted by Gasteiger charge is -2.20. The predicted molar refractivity (Wildman–Crippen MR) is 140 cm³/mol. The Kier molecular flexibility index (Phi) is 8.09. The van der Waals surface area contributed by atoms with Gasteiger partial charge in [0.1, 0.15) is 24.0 Å². The highest BCUT2D eigenvalue weighted by atomic mass is 35.5. The molecule has 1 amide bonds. The fraction of sp³-hybridized carbons (Fsp3) is 0.280. The summed E-state index contributed by atoms with van der Waals surface area (Å²) in [4.78, 5) is 16.8. The van der Waals surface area contributed by atoms with Crippen LogP contribution in [0.1, 0.15) is 31.7 Å². The number of hydrogen-bond acceptors (Lipinski definition) is 7. The first-order valence-electron chi connectivity index (χ1n) is 11.2. The number of hydrazone groups is 1. The smallest absolute Gasteiger partial charge is 0.283 e. The van der Waals surface area contributed by atoms with Gasteiger partial charge in [0.05, 0.1) is 17.7 Å². The molecule has 1 N–H and O–H groups in total. The Balaban J connectivity index is 1.48. The molecule has 0 radical (unpaired) electrons. The third kappa shape index (κ3) is 5.86. The van der Waals surface area contributed by atoms with Crippen molar-refractivity contribution in [2.24, 2.45) is 10.1 Å². The molecular weight excluding hydrogens is 488 g/mol. The van der Waals surface area contributed by atoms with Gasteiger partial charge in [0, 0.05) is 0 Å². The molecule has 2 aliphatic heterocycles. The molecule has 0 unspecified atom stereocenters. The van der Waals surface area contributed by atoms with Gasteiger partial charge in [0.15, 0.2) is 17.3 Å². The molecule has 0 spiro atoms. The Morgan fingerprint density at radius 2 is 1.94 bits per heavy atom. The summed E-state index contributed by atoms with van der Waals surface area (Å²) in [5.41, 5.74) is 0.700. The van der Waals surface area contributed by atoms with Crippen LogP contribution < -0.4 is 14.2 Å². The van der Waals surface area contributed by atoms with Crippen LogP contribution in [0.15, 0.2) is 58.1 Å². The lowest BCUT2D eigenvalue weighted by atomic mass is 10.1. The third-order valence-electron chi connectivity index (χ3n) is 5.14. The topological polar surface area (TPSA) is 96.6 Å². The second-order valence-electron chi connectivity index (χ2n) is 7.66. The van der Waals surface area contributed by atoms with Crippen LogP contribution in [0.25, 0.3) is 6.08 Å². The van der Waals surface area contributed by atoms with Gasteiger partial charge in [-0.1, -0.05) is 43.1 Å². The number of amides is 1. The maximum atomic E-state index is 12.7. The van der Waals surface area contributed by atoms with Gasteiger partial charge in [-0.05, 0) is 60.5 Å². The zero-order valence-corrected chi connectivity index (χ0v) is 21.0. The quantitative estimate of drug-likeness (QED) is 0.328. The fourth-order valence-electron chi connectivity index (χ4n) is 3.41. The Bertz CT molecular complexity index is 1210. The molecule has 2 aromatic rings. The third-order valence-corrected chi connectivity index (χ3v) is 6.39. The molecule has 8 nitrogen and oxygen atoms in total. The number of methoxy groups -OCH3 is 1. The summed E-state index contributed by atoms with van der Waals surface area (Å²) in [5.74, 6) is 1.01. The molecule has 4 rings (SSSR count). The van der Waals surface area contributed by atoms with Gasteiger partial charge >= 0.3 is 0 Å². The fourth-order valence-corrected chi connectivity index (χ4v) is 4.61. The number of halogens is 1. The highest BCUT2D eigenvalue weighted by molar-refractivity contribution is 8.26. The van der Waals surface area contributed by atoms with E-state index in [1.807, 2.05) is 30.3 Å². The molecule has 2 aliphatic rings. The molecule has 182 valence electrons. The van der Waals surface area contributed by atoms with Gasteiger partial charge in [-0.15, -0.1) is 0 Å². The molecule has 35 heavy (non-hydrogen) atoms. The first-order chi connectivity index (χ1) is 17.0. The minimum Gasteiger partial charge on any atom is -0.493 e. The summed E-state index contributed by atoms with van der Waals surface area (Å²) < 4.78 is 16.9. The Morgan fingerprint density at radius 1 is 1.17 bits per heavy atom. The largest absolute Gasteiger partial charge is 0.493 e. The second kappa shape index (κ2) is 11.4. The van der Waals surface area contributed by atoms with Crippen LogP contribution in [0.4, 0.5) is 0 Å². The number of benzene rings is 2. The second-order valence-corrected chi connectivity index (χ2v) is 9.11. The number of unbranched alkanes of at least 4 members (excludes halogenated alkanes) is 1. The number of nitrogens with zero attached hydrogens (tertiary/aromatic N) is 3. The minimum atomic E-state index is -0.492. The Labute approximate surface area is 213 Å². The summed E-state index contributed by atoms with van der Waals surface area (Å²) >= 11 is 7.82. The van der Waals surface area contributed by atoms with Crippen molar-refractivity contribution < 1.29 is 19.0 Å². The van der Waals surface area contributed by atoms with Crippen LogP contribution in [-0.4, -0.2) is 47.3 Å². The lowest BCUT2D eigenvalue weighted by Crippen LogP contribution is -2.35. The lowest BCUT2D eigenvalue weighted by molar-refractivity contribution is -0.114. The Morgan fingerprint density at radius 3 is 2.69 bits per heavy atom. The monoisotopic (exact) mass is 512 g/mol. The van der Waals surface area contributed by atoms with Gasteiger partial charge in [0.25, 0.3) is 5.91 Å². The van der Waals surface area contributed by atoms with E-state index in [1.54, 1.807) is 18.2 Å². The first kappa shape index (κ1) is 24.8. The highest BCUT2D eigenvalue weighted by Crippen LogP contribution is 2.38. The summed E-state index contributed by atoms with van der Waals surface area (Å²) in [5, 5.41) is 16.0. The molecule has 0 saturated heterocycles. The number of thioether (sulfide) groups is 1. The normalized spacial score (nSPS) is 16.2. The SMILES string of the molecule is CCCCC1=NN2C(=N)C(=Cc3cc(Cl)c(OCCOc4ccccc4)c(OC)c3)C(=O)N=C2S1. The van der Waals surface area contributed by atoms with E-state index in [0.29, 0.717) is 33.9 Å². The molecule has 0 bridgehead atoms. The van der Waals surface area contributed by atoms with Crippen molar-refractivity contribution in [2.45, 2.75) is 26.2 Å². The summed E-state index contributed by atoms with van der Waals surface area (Å²) in [6, 6.07) is 12.8. The zero-order chi connectivity index (χ0) is 24.8. The van der Waals surface area contributed by atoms with Crippen molar-refractivity contribution in [1.29, 1.82) is 5.41 Å². The molecular formula is C25H25ClN4O4S. The molecule has 0 aliphatic carbocycles. The van der Waals surface area contributed by atoms with E-state index in [4.69, 9.17) is 31.2 Å². The average molecular weight is 513 g/mol. The van der Waals surface area contributed by atoms with Crippen molar-refractivity contribution in [1.82, 2.24) is 5.01 Å². The van der Waals surface area contributed by atoms with Crippen LogP contribution in [0.3, 0.4) is 0 Å². The number of nitrogens with one attached hydrogen (secondary N) is 1. The van der Waals surface area contributed by atoms with Crippen LogP contribution in [0.2, 0.25) is 5.02 Å². The minimum absolute atomic E-state index is 0.0209. The summed E-state index contributed by atoms with van der Waals surface area (Å²) in [7, 11) is 1.51. The first-order valence-corrected chi connectivity index (χ1v) is 12.4. The number of hydrogen-bond donors (Lipinski definition) is 1. The van der Waals surface area contributed by atoms with E-state index in [0.717, 1.165) is 30.1 Å². The van der Waals surface area contributed by atoms with E-state index in [9.17, 15) is 4.79 Å². The molecule has 2 heterocycles. The van der Waals surface area contributed by atoms with Crippen LogP contribution in [-0.2, 0) is 4.79 Å². The van der Waals surface area contributed by atoms with Gasteiger partial charge in [-0.25, -0.2) is 0 Å². The molecule has 2 aromatic carbocycles. The Hall–Kier alpha value is -3.30. The number of fused-ring (bicyclic) bond motifs is 1. The van der Waals surface area contributed by atoms with Gasteiger partial charge in [-0.2, -0.15) is 15.1 Å². The van der Waals surface area contributed by atoms with Gasteiger partial charge in [-0.3, -0.25) is 10.2 Å². The van der Waals surface area contributed by atoms with Gasteiger partial charge in [0.2, 0.25) is 5.17 Å². The molecule has 0 atom stereocenters. The van der Waals surface area contributed by atoms with Crippen LogP contribution >= 0.6 is 23.4 Å². The predicted octanol–water partition coefficient (Wildman–Crippen LogP) is 5.62. The highest BCUT2D eigenvalue weighted by Gasteiger charge is 2.35. The van der Waals surface area contributed by atoms with Crippen molar-refractivity contribution in [2.75, 3.05) is 20.3 Å². The van der Waals surface area contributed by atoms with E-state index in [1.165, 1.54) is 23.9 Å². The van der Waals surface area contributed by atoms with E-state index < -0.39 is 5.91 Å². The standard InChI is InChI=1S/C25H25ClN4O4S/c1-3-4-10-21-29-30-23(27)18(24(31)28-25(30)35-21)13-16-14-19(26)22(20(15-16)32-2)34-12-11-33-17-8-6-5-7-9-17/h5-9,13-15,27H,3-4,10-12H2,1-2H3. The number of aliphatic imine (C=N–C) groups is 1. The molecule has 0 fully saturated rings. The zero-order valence-electron chi connectivity index (χ0n) is 19.4. The summed E-state index contributed by atoms with van der Waals surface area (Å²) in [6.07, 6.45) is 4.38. The van der Waals surface area contributed by atoms with Gasteiger partial charge < -0.3 is 14.2 Å². The number of para-hydroxylation sites is 1. The van der Waals surface area contributed by atoms with Crippen LogP contribution in [0, 0.1) is 5.41 Å². The van der Waals surface area contributed by atoms with E-state index in [2.05, 4.69) is 17.0 Å². The maximum absolute atomic E-state index is 12.7. The van der Waals surface area contributed by atoms with E-state index >= 15 is 0 Å². The number of amidine groups is 2. The number of carbonyl (C=O) groups excluding carboxylic acids is 1. The van der Waals surface area contributed by atoms with E-state index in [-0.39, 0.29) is 18.0 Å². The van der Waals surface area contributed by atoms with Crippen molar-refractivity contribution in [3.63, 3.8) is 0 Å². The molecule has 0 saturated carbocycles. The number of rotatable bonds is 10. The van der Waals surface area contributed by atoms with Crippen molar-refractivity contribution in [3.05, 3.63) is 58.6 Å². The number of carbonyl (C=O) groups is 1.